The van der Waals surface area contributed by atoms with Crippen molar-refractivity contribution in [2.75, 3.05) is 0 Å². The van der Waals surface area contributed by atoms with Gasteiger partial charge in [-0.3, -0.25) is 0 Å². The van der Waals surface area contributed by atoms with Crippen molar-refractivity contribution in [1.29, 1.82) is 0 Å². The van der Waals surface area contributed by atoms with Crippen molar-refractivity contribution in [2.24, 2.45) is 0 Å². The minimum atomic E-state index is 0.659. The van der Waals surface area contributed by atoms with E-state index in [0.29, 0.717) is 5.70 Å². The molecule has 1 aliphatic carbocycles. The zero-order valence-electron chi connectivity index (χ0n) is 4.15. The zero-order valence-corrected chi connectivity index (χ0v) is 4.15. The van der Waals surface area contributed by atoms with Gasteiger partial charge in [-0.15, -0.1) is 5.70 Å². The van der Waals surface area contributed by atoms with E-state index in [2.05, 4.69) is 0 Å². The van der Waals surface area contributed by atoms with Crippen molar-refractivity contribution in [3.63, 3.8) is 0 Å². The minimum Gasteiger partial charge on any atom is -0.699 e. The summed E-state index contributed by atoms with van der Waals surface area (Å²) in [6, 6.07) is 0. The predicted octanol–water partition coefficient (Wildman–Crippen LogP) is 2.27. The molecule has 0 aliphatic heterocycles. The summed E-state index contributed by atoms with van der Waals surface area (Å²) in [7, 11) is 0. The van der Waals surface area contributed by atoms with Crippen LogP contribution in [0.4, 0.5) is 0 Å². The first-order valence-corrected chi connectivity index (χ1v) is 2.48. The number of allylic oxidation sites excluding steroid dienone is 3. The summed E-state index contributed by atoms with van der Waals surface area (Å²) in [6.07, 6.45) is 7.96. The smallest absolute Gasteiger partial charge is 0.0314 e. The van der Waals surface area contributed by atoms with Gasteiger partial charge in [-0.1, -0.05) is 18.2 Å². The summed E-state index contributed by atoms with van der Waals surface area (Å²) in [5.74, 6) is 0. The van der Waals surface area contributed by atoms with E-state index in [9.17, 15) is 0 Å². The van der Waals surface area contributed by atoms with Gasteiger partial charge < -0.3 is 5.73 Å². The summed E-state index contributed by atoms with van der Waals surface area (Å²) < 4.78 is 0. The summed E-state index contributed by atoms with van der Waals surface area (Å²) in [6.45, 7) is 0. The lowest BCUT2D eigenvalue weighted by molar-refractivity contribution is 1.03. The Morgan fingerprint density at radius 1 is 1.43 bits per heavy atom. The van der Waals surface area contributed by atoms with E-state index in [-0.39, 0.29) is 0 Å². The SMILES string of the molecule is [NH-]C1=CCCC=C1. The van der Waals surface area contributed by atoms with Crippen LogP contribution in [-0.2, 0) is 0 Å². The Hall–Kier alpha value is -0.720. The van der Waals surface area contributed by atoms with Crippen LogP contribution >= 0.6 is 0 Å². The van der Waals surface area contributed by atoms with Crippen LogP contribution in [0.3, 0.4) is 0 Å². The van der Waals surface area contributed by atoms with Crippen LogP contribution in [0, 0.1) is 0 Å². The fourth-order valence-corrected chi connectivity index (χ4v) is 0.613. The third-order valence-electron chi connectivity index (χ3n) is 0.995. The van der Waals surface area contributed by atoms with Gasteiger partial charge in [0.15, 0.2) is 0 Å². The molecule has 0 saturated heterocycles. The van der Waals surface area contributed by atoms with Crippen LogP contribution < -0.4 is 0 Å². The van der Waals surface area contributed by atoms with Crippen LogP contribution in [0.1, 0.15) is 12.8 Å². The van der Waals surface area contributed by atoms with Crippen molar-refractivity contribution in [3.05, 3.63) is 29.7 Å². The summed E-state index contributed by atoms with van der Waals surface area (Å²) in [5.41, 5.74) is 7.70. The average Bonchev–Trinajstić information content (AvgIpc) is 1.69. The van der Waals surface area contributed by atoms with Gasteiger partial charge in [0.05, 0.1) is 0 Å². The molecule has 0 bridgehead atoms. The van der Waals surface area contributed by atoms with E-state index >= 15 is 0 Å². The number of nitrogens with one attached hydrogen (secondary N) is 1. The van der Waals surface area contributed by atoms with Gasteiger partial charge in [0, 0.05) is 0 Å². The standard InChI is InChI=1S/C6H8N/c7-6-4-2-1-3-5-6/h2,4-5,7H,1,3H2/q-1. The topological polar surface area (TPSA) is 23.8 Å². The van der Waals surface area contributed by atoms with E-state index in [0.717, 1.165) is 12.8 Å². The number of hydrogen-bond acceptors (Lipinski definition) is 0. The predicted molar refractivity (Wildman–Crippen MR) is 30.8 cm³/mol. The largest absolute Gasteiger partial charge is 0.699 e. The molecule has 0 aromatic rings. The van der Waals surface area contributed by atoms with Crippen molar-refractivity contribution >= 4 is 0 Å². The van der Waals surface area contributed by atoms with Crippen LogP contribution in [0.15, 0.2) is 23.9 Å². The van der Waals surface area contributed by atoms with Gasteiger partial charge in [-0.25, -0.2) is 0 Å². The summed E-state index contributed by atoms with van der Waals surface area (Å²) in [4.78, 5) is 0. The lowest BCUT2D eigenvalue weighted by Crippen LogP contribution is -1.75. The minimum absolute atomic E-state index is 0.659. The molecular formula is C6H8N-. The second kappa shape index (κ2) is 1.82. The fourth-order valence-electron chi connectivity index (χ4n) is 0.613. The first kappa shape index (κ1) is 4.44. The fraction of sp³-hybridized carbons (Fsp3) is 0.333. The molecule has 1 aliphatic rings. The quantitative estimate of drug-likeness (QED) is 0.439. The van der Waals surface area contributed by atoms with Gasteiger partial charge >= 0.3 is 0 Å². The Labute approximate surface area is 43.5 Å². The molecule has 38 valence electrons. The Morgan fingerprint density at radius 2 is 2.29 bits per heavy atom. The van der Waals surface area contributed by atoms with Crippen molar-refractivity contribution < 1.29 is 0 Å². The first-order chi connectivity index (χ1) is 3.39. The molecule has 0 fully saturated rings. The highest BCUT2D eigenvalue weighted by Gasteiger charge is 1.81. The highest BCUT2D eigenvalue weighted by molar-refractivity contribution is 5.25. The molecule has 0 spiro atoms. The van der Waals surface area contributed by atoms with Gasteiger partial charge in [-0.2, -0.15) is 0 Å². The molecule has 7 heavy (non-hydrogen) atoms. The molecule has 0 radical (unpaired) electrons. The maximum atomic E-state index is 7.05. The molecule has 0 saturated carbocycles. The van der Waals surface area contributed by atoms with Gasteiger partial charge in [0.25, 0.3) is 0 Å². The average molecular weight is 94.1 g/mol. The van der Waals surface area contributed by atoms with Crippen molar-refractivity contribution in [2.45, 2.75) is 12.8 Å². The van der Waals surface area contributed by atoms with Gasteiger partial charge in [0.2, 0.25) is 0 Å². The maximum Gasteiger partial charge on any atom is -0.0314 e. The van der Waals surface area contributed by atoms with Crippen LogP contribution in [0.5, 0.6) is 0 Å². The Morgan fingerprint density at radius 3 is 2.57 bits per heavy atom. The van der Waals surface area contributed by atoms with Crippen molar-refractivity contribution in [3.8, 4) is 0 Å². The molecule has 0 aromatic heterocycles. The zero-order chi connectivity index (χ0) is 5.11. The first-order valence-electron chi connectivity index (χ1n) is 2.48. The summed E-state index contributed by atoms with van der Waals surface area (Å²) in [5, 5.41) is 0. The lowest BCUT2D eigenvalue weighted by Gasteiger charge is -2.06. The molecule has 1 N–H and O–H groups in total. The van der Waals surface area contributed by atoms with Gasteiger partial charge in [0.1, 0.15) is 0 Å². The van der Waals surface area contributed by atoms with Crippen LogP contribution in [-0.4, -0.2) is 0 Å². The molecule has 1 rings (SSSR count). The van der Waals surface area contributed by atoms with E-state index in [4.69, 9.17) is 5.73 Å². The number of hydrogen-bond donors (Lipinski definition) is 0. The van der Waals surface area contributed by atoms with E-state index in [1.807, 2.05) is 18.2 Å². The molecule has 0 amide bonds. The highest BCUT2D eigenvalue weighted by Crippen LogP contribution is 2.07. The van der Waals surface area contributed by atoms with Crippen LogP contribution in [0.25, 0.3) is 5.73 Å². The Bertz CT molecular complexity index is 111. The molecule has 0 unspecified atom stereocenters. The Balaban J connectivity index is 2.58. The molecule has 0 aromatic carbocycles. The molecule has 1 nitrogen and oxygen atoms in total. The van der Waals surface area contributed by atoms with Crippen molar-refractivity contribution in [1.82, 2.24) is 0 Å². The number of rotatable bonds is 0. The molecule has 0 atom stereocenters. The van der Waals surface area contributed by atoms with E-state index in [1.54, 1.807) is 0 Å². The molecule has 1 heteroatoms. The lowest BCUT2D eigenvalue weighted by atomic mass is 10.2. The van der Waals surface area contributed by atoms with Gasteiger partial charge in [-0.05, 0) is 12.8 Å². The molecule has 0 heterocycles. The summed E-state index contributed by atoms with van der Waals surface area (Å²) >= 11 is 0. The monoisotopic (exact) mass is 94.1 g/mol. The normalized spacial score (nSPS) is 19.1. The second-order valence-electron chi connectivity index (χ2n) is 1.64. The maximum absolute atomic E-state index is 7.05. The third kappa shape index (κ3) is 1.07. The van der Waals surface area contributed by atoms with E-state index < -0.39 is 0 Å². The highest BCUT2D eigenvalue weighted by atomic mass is 14.6. The third-order valence-corrected chi connectivity index (χ3v) is 0.995. The Kier molecular flexibility index (Phi) is 1.16. The molecular weight excluding hydrogens is 86.1 g/mol. The second-order valence-corrected chi connectivity index (χ2v) is 1.64. The van der Waals surface area contributed by atoms with Crippen LogP contribution in [0.2, 0.25) is 0 Å². The van der Waals surface area contributed by atoms with E-state index in [1.165, 1.54) is 0 Å².